The number of imidazole rings is 1. The van der Waals surface area contributed by atoms with Crippen molar-refractivity contribution in [2.75, 3.05) is 33.9 Å². The highest BCUT2D eigenvalue weighted by Crippen LogP contribution is 2.54. The molecule has 3 fully saturated rings. The second kappa shape index (κ2) is 20.4. The first-order chi connectivity index (χ1) is 33.8. The third-order valence-electron chi connectivity index (χ3n) is 15.7. The Bertz CT molecular complexity index is 2840. The van der Waals surface area contributed by atoms with Crippen LogP contribution in [0, 0.1) is 17.3 Å². The van der Waals surface area contributed by atoms with Gasteiger partial charge in [0.2, 0.25) is 11.8 Å². The van der Waals surface area contributed by atoms with Crippen LogP contribution in [0.15, 0.2) is 59.8 Å². The molecule has 1 saturated carbocycles. The molecule has 3 aromatic carbocycles. The molecule has 2 aliphatic heterocycles. The SMILES string of the molecule is COC(=O)NC(C(=O)N1CCCC1)C(C)C.COC(=O)NC(C(=O)N1CCC[C@H]1c1ncc(-c2ccc(-c3ccc(-c4ccc5nc[nH]c(=O)c5c4)c4c3CC3(CCCC3)C4)c3c2CCC3)[nH]1)C(C)C. The minimum Gasteiger partial charge on any atom is -0.453 e. The van der Waals surface area contributed by atoms with E-state index in [4.69, 9.17) is 9.72 Å². The molecular weight excluding hydrogens is 885 g/mol. The van der Waals surface area contributed by atoms with Crippen LogP contribution in [-0.2, 0) is 44.7 Å². The van der Waals surface area contributed by atoms with E-state index < -0.39 is 24.3 Å². The quantitative estimate of drug-likeness (QED) is 0.106. The third kappa shape index (κ3) is 9.55. The van der Waals surface area contributed by atoms with Crippen molar-refractivity contribution in [1.29, 1.82) is 0 Å². The van der Waals surface area contributed by atoms with Gasteiger partial charge in [0.15, 0.2) is 0 Å². The number of hydrogen-bond acceptors (Lipinski definition) is 9. The molecule has 0 radical (unpaired) electrons. The smallest absolute Gasteiger partial charge is 0.407 e. The van der Waals surface area contributed by atoms with E-state index >= 15 is 0 Å². The topological polar surface area (TPSA) is 192 Å². The van der Waals surface area contributed by atoms with E-state index in [2.05, 4.69) is 60.7 Å². The van der Waals surface area contributed by atoms with E-state index in [0.717, 1.165) is 88.0 Å². The number of aromatic amines is 2. The summed E-state index contributed by atoms with van der Waals surface area (Å²) in [5.41, 5.74) is 13.8. The fraction of sp³-hybridized carbons (Fsp3) is 0.509. The average molecular weight is 953 g/mol. The van der Waals surface area contributed by atoms with Crippen molar-refractivity contribution in [2.24, 2.45) is 17.3 Å². The number of carbonyl (C=O) groups is 4. The van der Waals surface area contributed by atoms with Crippen LogP contribution in [0.1, 0.15) is 120 Å². The second-order valence-electron chi connectivity index (χ2n) is 20.7. The van der Waals surface area contributed by atoms with Crippen LogP contribution < -0.4 is 16.2 Å². The summed E-state index contributed by atoms with van der Waals surface area (Å²) in [5.74, 6) is 0.652. The molecule has 370 valence electrons. The Morgan fingerprint density at radius 1 is 0.700 bits per heavy atom. The number of likely N-dealkylation sites (tertiary alicyclic amines) is 2. The van der Waals surface area contributed by atoms with Crippen molar-refractivity contribution >= 4 is 34.9 Å². The van der Waals surface area contributed by atoms with Gasteiger partial charge in [-0.05, 0) is 145 Å². The van der Waals surface area contributed by atoms with E-state index in [1.54, 1.807) is 4.90 Å². The Morgan fingerprint density at radius 2 is 1.30 bits per heavy atom. The van der Waals surface area contributed by atoms with Gasteiger partial charge in [-0.2, -0.15) is 0 Å². The van der Waals surface area contributed by atoms with Crippen LogP contribution in [0.5, 0.6) is 0 Å². The molecular formula is C55H68N8O7. The zero-order valence-corrected chi connectivity index (χ0v) is 41.5. The maximum absolute atomic E-state index is 13.8. The number of rotatable bonds is 10. The number of nitrogens with one attached hydrogen (secondary N) is 4. The van der Waals surface area contributed by atoms with Gasteiger partial charge in [0, 0.05) is 25.2 Å². The van der Waals surface area contributed by atoms with Crippen molar-refractivity contribution in [2.45, 2.75) is 129 Å². The summed E-state index contributed by atoms with van der Waals surface area (Å²) < 4.78 is 9.34. The van der Waals surface area contributed by atoms with Gasteiger partial charge in [0.25, 0.3) is 5.56 Å². The van der Waals surface area contributed by atoms with E-state index in [1.165, 1.54) is 90.7 Å². The summed E-state index contributed by atoms with van der Waals surface area (Å²) in [6, 6.07) is 14.0. The Balaban J connectivity index is 0.000000325. The highest BCUT2D eigenvalue weighted by molar-refractivity contribution is 5.89. The molecule has 2 aromatic heterocycles. The molecule has 15 heteroatoms. The zero-order valence-electron chi connectivity index (χ0n) is 41.5. The Labute approximate surface area is 409 Å². The lowest BCUT2D eigenvalue weighted by Gasteiger charge is -2.30. The summed E-state index contributed by atoms with van der Waals surface area (Å²) in [5, 5.41) is 5.96. The molecule has 4 N–H and O–H groups in total. The summed E-state index contributed by atoms with van der Waals surface area (Å²) in [7, 11) is 2.61. The first-order valence-corrected chi connectivity index (χ1v) is 25.4. The number of alkyl carbamates (subject to hydrolysis) is 2. The highest BCUT2D eigenvalue weighted by atomic mass is 16.5. The number of hydrogen-bond donors (Lipinski definition) is 4. The molecule has 3 aliphatic carbocycles. The first kappa shape index (κ1) is 48.5. The van der Waals surface area contributed by atoms with E-state index in [0.29, 0.717) is 22.9 Å². The van der Waals surface area contributed by atoms with Gasteiger partial charge in [0.05, 0.1) is 49.4 Å². The lowest BCUT2D eigenvalue weighted by molar-refractivity contribution is -0.135. The third-order valence-corrected chi connectivity index (χ3v) is 15.7. The number of carbonyl (C=O) groups excluding carboxylic acids is 4. The number of benzene rings is 3. The lowest BCUT2D eigenvalue weighted by atomic mass is 9.82. The normalized spacial score (nSPS) is 18.7. The Kier molecular flexibility index (Phi) is 14.2. The lowest BCUT2D eigenvalue weighted by Crippen LogP contribution is -2.51. The molecule has 10 rings (SSSR count). The molecule has 5 aromatic rings. The summed E-state index contributed by atoms with van der Waals surface area (Å²) >= 11 is 0. The van der Waals surface area contributed by atoms with Crippen molar-refractivity contribution in [3.8, 4) is 33.5 Å². The zero-order chi connectivity index (χ0) is 49.3. The number of amides is 4. The molecule has 3 atom stereocenters. The highest BCUT2D eigenvalue weighted by Gasteiger charge is 2.42. The van der Waals surface area contributed by atoms with Crippen molar-refractivity contribution in [3.63, 3.8) is 0 Å². The van der Waals surface area contributed by atoms with E-state index in [9.17, 15) is 24.0 Å². The van der Waals surface area contributed by atoms with Crippen LogP contribution >= 0.6 is 0 Å². The van der Waals surface area contributed by atoms with Gasteiger partial charge < -0.3 is 39.9 Å². The fourth-order valence-electron chi connectivity index (χ4n) is 12.0. The minimum absolute atomic E-state index is 0.00194. The van der Waals surface area contributed by atoms with Crippen LogP contribution in [0.2, 0.25) is 0 Å². The predicted octanol–water partition coefficient (Wildman–Crippen LogP) is 8.83. The minimum atomic E-state index is -0.670. The van der Waals surface area contributed by atoms with E-state index in [-0.39, 0.29) is 35.3 Å². The summed E-state index contributed by atoms with van der Waals surface area (Å²) in [6.45, 7) is 9.90. The van der Waals surface area contributed by atoms with Crippen molar-refractivity contribution in [3.05, 3.63) is 93.4 Å². The van der Waals surface area contributed by atoms with Crippen LogP contribution in [0.4, 0.5) is 9.59 Å². The molecule has 5 aliphatic rings. The number of aromatic nitrogens is 4. The number of H-pyrrole nitrogens is 2. The summed E-state index contributed by atoms with van der Waals surface area (Å²) in [4.78, 5) is 81.1. The number of nitrogens with zero attached hydrogens (tertiary/aromatic N) is 4. The van der Waals surface area contributed by atoms with Gasteiger partial charge in [-0.15, -0.1) is 0 Å². The summed E-state index contributed by atoms with van der Waals surface area (Å²) in [6.07, 6.45) is 16.5. The maximum atomic E-state index is 13.8. The monoisotopic (exact) mass is 953 g/mol. The molecule has 4 heterocycles. The number of fused-ring (bicyclic) bond motifs is 3. The second-order valence-corrected chi connectivity index (χ2v) is 20.7. The molecule has 1 spiro atoms. The predicted molar refractivity (Wildman–Crippen MR) is 269 cm³/mol. The average Bonchev–Trinajstić information content (AvgIpc) is 4.23. The maximum Gasteiger partial charge on any atom is 0.407 e. The van der Waals surface area contributed by atoms with Crippen molar-refractivity contribution < 1.29 is 28.7 Å². The number of methoxy groups -OCH3 is 2. The van der Waals surface area contributed by atoms with Gasteiger partial charge in [-0.3, -0.25) is 14.4 Å². The molecule has 0 bridgehead atoms. The van der Waals surface area contributed by atoms with Crippen molar-refractivity contribution in [1.82, 2.24) is 40.4 Å². The standard InChI is InChI=1S/C44H48N6O4.C11H20N2O3/c1-25(2)39(49-43(53)54-3)42(52)50-19-7-10-38(50)40-45-23-37(48-40)32-15-14-30(28-8-6-9-29(28)32)31-13-12-27(34-21-44(22-35(31)34)17-4-5-18-44)26-11-16-36-33(20-26)41(51)47-24-46-36;1-8(2)9(12-11(15)16-3)10(14)13-6-4-5-7-13/h11-16,20,23-25,38-39H,4-10,17-19,21-22H2,1-3H3,(H,45,48)(H,49,53)(H,46,47,51);8-9H,4-7H2,1-3H3,(H,12,15)/t38-,39?;/m0./s1. The number of ether oxygens (including phenoxy) is 2. The van der Waals surface area contributed by atoms with Crippen LogP contribution in [0.25, 0.3) is 44.4 Å². The van der Waals surface area contributed by atoms with Gasteiger partial charge >= 0.3 is 12.2 Å². The van der Waals surface area contributed by atoms with E-state index in [1.807, 2.05) is 50.9 Å². The molecule has 2 unspecified atom stereocenters. The van der Waals surface area contributed by atoms with Gasteiger partial charge in [-0.25, -0.2) is 19.6 Å². The van der Waals surface area contributed by atoms with Crippen LogP contribution in [-0.4, -0.2) is 99.7 Å². The Hall–Kier alpha value is -6.51. The first-order valence-electron chi connectivity index (χ1n) is 25.4. The van der Waals surface area contributed by atoms with Gasteiger partial charge in [0.1, 0.15) is 17.9 Å². The molecule has 15 nitrogen and oxygen atoms in total. The Morgan fingerprint density at radius 3 is 1.96 bits per heavy atom. The molecule has 4 amide bonds. The van der Waals surface area contributed by atoms with Crippen LogP contribution in [0.3, 0.4) is 0 Å². The molecule has 70 heavy (non-hydrogen) atoms. The fourth-order valence-corrected chi connectivity index (χ4v) is 12.0. The molecule has 2 saturated heterocycles. The van der Waals surface area contributed by atoms with Gasteiger partial charge in [-0.1, -0.05) is 70.9 Å². The largest absolute Gasteiger partial charge is 0.453 e.